The number of rotatable bonds is 6. The fourth-order valence-corrected chi connectivity index (χ4v) is 3.59. The van der Waals surface area contributed by atoms with Gasteiger partial charge in [-0.2, -0.15) is 0 Å². The standard InChI is InChI=1S/C21H23ClFN3O3/c1-29-19-6-5-18(23)12-16(19)14-25-7-9-26(10-8-25)20(27)13-24-21(28)15-3-2-4-17(22)11-15/h2-6,11-12H,7-10,13-14H2,1H3,(H,24,28)/p+1. The lowest BCUT2D eigenvalue weighted by Gasteiger charge is -2.32. The first-order valence-corrected chi connectivity index (χ1v) is 9.81. The molecule has 154 valence electrons. The first-order chi connectivity index (χ1) is 14.0. The van der Waals surface area contributed by atoms with Crippen LogP contribution in [0.4, 0.5) is 4.39 Å². The lowest BCUT2D eigenvalue weighted by atomic mass is 10.1. The summed E-state index contributed by atoms with van der Waals surface area (Å²) in [6, 6.07) is 11.1. The van der Waals surface area contributed by atoms with E-state index in [0.29, 0.717) is 36.0 Å². The summed E-state index contributed by atoms with van der Waals surface area (Å²) in [6.07, 6.45) is 0. The minimum Gasteiger partial charge on any atom is -0.496 e. The van der Waals surface area contributed by atoms with Gasteiger partial charge in [0, 0.05) is 10.6 Å². The lowest BCUT2D eigenvalue weighted by molar-refractivity contribution is -0.917. The third kappa shape index (κ3) is 5.68. The summed E-state index contributed by atoms with van der Waals surface area (Å²) < 4.78 is 18.8. The normalized spacial score (nSPS) is 14.5. The molecule has 8 heteroatoms. The van der Waals surface area contributed by atoms with Crippen molar-refractivity contribution in [1.82, 2.24) is 10.2 Å². The molecule has 0 atom stereocenters. The van der Waals surface area contributed by atoms with Crippen molar-refractivity contribution in [3.8, 4) is 5.75 Å². The lowest BCUT2D eigenvalue weighted by Crippen LogP contribution is -3.13. The third-order valence-corrected chi connectivity index (χ3v) is 5.23. The fourth-order valence-electron chi connectivity index (χ4n) is 3.40. The maximum atomic E-state index is 13.5. The number of carbonyl (C=O) groups excluding carboxylic acids is 2. The van der Waals surface area contributed by atoms with Crippen molar-refractivity contribution in [2.75, 3.05) is 39.8 Å². The van der Waals surface area contributed by atoms with Gasteiger partial charge in [-0.15, -0.1) is 0 Å². The molecule has 1 heterocycles. The molecule has 2 amide bonds. The van der Waals surface area contributed by atoms with Crippen molar-refractivity contribution in [3.05, 3.63) is 64.4 Å². The van der Waals surface area contributed by atoms with Gasteiger partial charge in [-0.05, 0) is 36.4 Å². The maximum Gasteiger partial charge on any atom is 0.251 e. The summed E-state index contributed by atoms with van der Waals surface area (Å²) in [7, 11) is 1.57. The van der Waals surface area contributed by atoms with Crippen LogP contribution < -0.4 is 15.0 Å². The predicted octanol–water partition coefficient (Wildman–Crippen LogP) is 1.14. The van der Waals surface area contributed by atoms with Gasteiger partial charge >= 0.3 is 0 Å². The van der Waals surface area contributed by atoms with Crippen LogP contribution in [-0.2, 0) is 11.3 Å². The van der Waals surface area contributed by atoms with Crippen LogP contribution in [0.1, 0.15) is 15.9 Å². The van der Waals surface area contributed by atoms with Crippen LogP contribution in [0.5, 0.6) is 5.75 Å². The highest BCUT2D eigenvalue weighted by Crippen LogP contribution is 2.18. The quantitative estimate of drug-likeness (QED) is 0.736. The Morgan fingerprint density at radius 3 is 2.66 bits per heavy atom. The molecule has 1 aliphatic heterocycles. The third-order valence-electron chi connectivity index (χ3n) is 4.99. The smallest absolute Gasteiger partial charge is 0.251 e. The van der Waals surface area contributed by atoms with Crippen LogP contribution in [0.25, 0.3) is 0 Å². The highest BCUT2D eigenvalue weighted by Gasteiger charge is 2.25. The molecule has 0 aliphatic carbocycles. The van der Waals surface area contributed by atoms with E-state index in [-0.39, 0.29) is 24.2 Å². The molecular weight excluding hydrogens is 397 g/mol. The van der Waals surface area contributed by atoms with E-state index in [0.717, 1.165) is 18.7 Å². The van der Waals surface area contributed by atoms with Gasteiger partial charge in [-0.3, -0.25) is 9.59 Å². The number of piperazine rings is 1. The molecule has 1 saturated heterocycles. The molecule has 3 rings (SSSR count). The molecule has 1 aliphatic rings. The molecule has 2 N–H and O–H groups in total. The average molecular weight is 421 g/mol. The number of methoxy groups -OCH3 is 1. The summed E-state index contributed by atoms with van der Waals surface area (Å²) in [5.74, 6) is -0.0725. The van der Waals surface area contributed by atoms with E-state index in [1.165, 1.54) is 17.0 Å². The topological polar surface area (TPSA) is 63.1 Å². The Kier molecular flexibility index (Phi) is 7.06. The monoisotopic (exact) mass is 420 g/mol. The van der Waals surface area contributed by atoms with E-state index in [4.69, 9.17) is 16.3 Å². The highest BCUT2D eigenvalue weighted by molar-refractivity contribution is 6.30. The van der Waals surface area contributed by atoms with E-state index in [1.54, 1.807) is 42.3 Å². The Balaban J connectivity index is 1.47. The molecule has 29 heavy (non-hydrogen) atoms. The van der Waals surface area contributed by atoms with Crippen molar-refractivity contribution >= 4 is 23.4 Å². The number of quaternary nitrogens is 1. The number of nitrogens with one attached hydrogen (secondary N) is 2. The Bertz CT molecular complexity index is 885. The van der Waals surface area contributed by atoms with Crippen molar-refractivity contribution < 1.29 is 23.6 Å². The average Bonchev–Trinajstić information content (AvgIpc) is 2.72. The fraction of sp³-hybridized carbons (Fsp3) is 0.333. The van der Waals surface area contributed by atoms with E-state index >= 15 is 0 Å². The molecule has 0 spiro atoms. The number of benzene rings is 2. The van der Waals surface area contributed by atoms with Crippen LogP contribution in [0.3, 0.4) is 0 Å². The van der Waals surface area contributed by atoms with Gasteiger partial charge in [0.25, 0.3) is 5.91 Å². The number of carbonyl (C=O) groups is 2. The minimum atomic E-state index is -0.330. The van der Waals surface area contributed by atoms with Crippen LogP contribution in [0, 0.1) is 5.82 Å². The van der Waals surface area contributed by atoms with Gasteiger partial charge < -0.3 is 19.9 Å². The van der Waals surface area contributed by atoms with Gasteiger partial charge in [0.15, 0.2) is 0 Å². The highest BCUT2D eigenvalue weighted by atomic mass is 35.5. The molecule has 6 nitrogen and oxygen atoms in total. The summed E-state index contributed by atoms with van der Waals surface area (Å²) in [5, 5.41) is 3.11. The number of nitrogens with zero attached hydrogens (tertiary/aromatic N) is 1. The second-order valence-corrected chi connectivity index (χ2v) is 7.39. The first-order valence-electron chi connectivity index (χ1n) is 9.44. The zero-order valence-corrected chi connectivity index (χ0v) is 17.0. The van der Waals surface area contributed by atoms with E-state index in [2.05, 4.69) is 5.32 Å². The SMILES string of the molecule is COc1ccc(F)cc1C[NH+]1CCN(C(=O)CNC(=O)c2cccc(Cl)c2)CC1. The Hall–Kier alpha value is -2.64. The van der Waals surface area contributed by atoms with Crippen molar-refractivity contribution in [1.29, 1.82) is 0 Å². The molecule has 0 aromatic heterocycles. The maximum absolute atomic E-state index is 13.5. The first kappa shape index (κ1) is 21.1. The van der Waals surface area contributed by atoms with Crippen molar-refractivity contribution in [2.45, 2.75) is 6.54 Å². The van der Waals surface area contributed by atoms with Gasteiger partial charge in [0.1, 0.15) is 18.1 Å². The number of amides is 2. The van der Waals surface area contributed by atoms with Crippen molar-refractivity contribution in [2.24, 2.45) is 0 Å². The molecular formula is C21H24ClFN3O3+. The number of ether oxygens (including phenoxy) is 1. The van der Waals surface area contributed by atoms with Gasteiger partial charge in [-0.25, -0.2) is 4.39 Å². The Morgan fingerprint density at radius 2 is 1.97 bits per heavy atom. The van der Waals surface area contributed by atoms with Gasteiger partial charge in [0.05, 0.1) is 45.4 Å². The minimum absolute atomic E-state index is 0.0571. The zero-order valence-electron chi connectivity index (χ0n) is 16.2. The van der Waals surface area contributed by atoms with Gasteiger partial charge in [-0.1, -0.05) is 17.7 Å². The molecule has 0 unspecified atom stereocenters. The Morgan fingerprint density at radius 1 is 1.21 bits per heavy atom. The molecule has 1 fully saturated rings. The molecule has 0 saturated carbocycles. The van der Waals surface area contributed by atoms with E-state index in [9.17, 15) is 14.0 Å². The van der Waals surface area contributed by atoms with Crippen molar-refractivity contribution in [3.63, 3.8) is 0 Å². The summed E-state index contributed by atoms with van der Waals surface area (Å²) in [5.41, 5.74) is 1.24. The predicted molar refractivity (Wildman–Crippen MR) is 108 cm³/mol. The number of halogens is 2. The second-order valence-electron chi connectivity index (χ2n) is 6.96. The molecule has 0 bridgehead atoms. The van der Waals surface area contributed by atoms with Gasteiger partial charge in [0.2, 0.25) is 5.91 Å². The summed E-state index contributed by atoms with van der Waals surface area (Å²) in [6.45, 7) is 3.23. The summed E-state index contributed by atoms with van der Waals surface area (Å²) in [4.78, 5) is 27.5. The van der Waals surface area contributed by atoms with Crippen LogP contribution in [-0.4, -0.2) is 56.5 Å². The summed E-state index contributed by atoms with van der Waals surface area (Å²) >= 11 is 5.89. The number of hydrogen-bond acceptors (Lipinski definition) is 3. The van der Waals surface area contributed by atoms with Crippen LogP contribution in [0.15, 0.2) is 42.5 Å². The van der Waals surface area contributed by atoms with E-state index in [1.807, 2.05) is 0 Å². The molecule has 0 radical (unpaired) electrons. The second kappa shape index (κ2) is 9.71. The van der Waals surface area contributed by atoms with E-state index < -0.39 is 0 Å². The van der Waals surface area contributed by atoms with Crippen LogP contribution >= 0.6 is 11.6 Å². The Labute approximate surface area is 174 Å². The number of hydrogen-bond donors (Lipinski definition) is 2. The molecule has 2 aromatic carbocycles. The zero-order chi connectivity index (χ0) is 20.8. The van der Waals surface area contributed by atoms with Crippen LogP contribution in [0.2, 0.25) is 5.02 Å². The molecule has 2 aromatic rings. The largest absolute Gasteiger partial charge is 0.496 e.